The van der Waals surface area contributed by atoms with Crippen molar-refractivity contribution in [3.63, 3.8) is 0 Å². The first-order chi connectivity index (χ1) is 10.7. The summed E-state index contributed by atoms with van der Waals surface area (Å²) < 4.78 is 16.3. The molecule has 0 saturated heterocycles. The molecule has 0 radical (unpaired) electrons. The van der Waals surface area contributed by atoms with Gasteiger partial charge in [-0.15, -0.1) is 0 Å². The molecule has 5 nitrogen and oxygen atoms in total. The first-order valence-corrected chi connectivity index (χ1v) is 7.74. The lowest BCUT2D eigenvalue weighted by molar-refractivity contribution is 0.322. The van der Waals surface area contributed by atoms with Gasteiger partial charge in [0.25, 0.3) is 0 Å². The quantitative estimate of drug-likeness (QED) is 0.849. The molecule has 0 amide bonds. The fraction of sp³-hybridized carbons (Fsp3) is 0.312. The van der Waals surface area contributed by atoms with Gasteiger partial charge in [0.2, 0.25) is 5.75 Å². The van der Waals surface area contributed by atoms with E-state index in [1.54, 1.807) is 33.1 Å². The van der Waals surface area contributed by atoms with E-state index in [1.165, 1.54) is 0 Å². The van der Waals surface area contributed by atoms with Crippen LogP contribution in [0.25, 0.3) is 0 Å². The minimum Gasteiger partial charge on any atom is -0.493 e. The molecule has 1 atom stereocenters. The molecule has 2 aliphatic heterocycles. The molecule has 22 heavy (non-hydrogen) atoms. The summed E-state index contributed by atoms with van der Waals surface area (Å²) in [5.74, 6) is 1.91. The Labute approximate surface area is 134 Å². The number of nitrogens with zero attached hydrogens (tertiary/aromatic N) is 2. The van der Waals surface area contributed by atoms with Gasteiger partial charge in [-0.3, -0.25) is 0 Å². The summed E-state index contributed by atoms with van der Waals surface area (Å²) in [5.41, 5.74) is 2.06. The van der Waals surface area contributed by atoms with E-state index in [4.69, 9.17) is 14.2 Å². The molecular formula is C16H18N2O3S. The average molecular weight is 318 g/mol. The minimum absolute atomic E-state index is 0.0625. The van der Waals surface area contributed by atoms with E-state index in [2.05, 4.69) is 16.0 Å². The lowest BCUT2D eigenvalue weighted by atomic mass is 10.0. The number of hydrogen-bond donors (Lipinski definition) is 0. The van der Waals surface area contributed by atoms with Gasteiger partial charge in [0.05, 0.1) is 27.4 Å². The Hall–Kier alpha value is -2.08. The number of benzene rings is 1. The van der Waals surface area contributed by atoms with E-state index in [0.717, 1.165) is 16.4 Å². The fourth-order valence-electron chi connectivity index (χ4n) is 2.60. The molecule has 1 aromatic carbocycles. The molecular weight excluding hydrogens is 300 g/mol. The second kappa shape index (κ2) is 5.96. The molecule has 2 heterocycles. The maximum Gasteiger partial charge on any atom is 0.203 e. The van der Waals surface area contributed by atoms with Gasteiger partial charge < -0.3 is 19.1 Å². The van der Waals surface area contributed by atoms with Crippen LogP contribution < -0.4 is 14.2 Å². The highest BCUT2D eigenvalue weighted by Gasteiger charge is 2.28. The molecule has 0 spiro atoms. The molecule has 0 aliphatic carbocycles. The van der Waals surface area contributed by atoms with Gasteiger partial charge in [-0.25, -0.2) is 4.99 Å². The van der Waals surface area contributed by atoms with Gasteiger partial charge in [0.15, 0.2) is 16.7 Å². The Morgan fingerprint density at radius 1 is 1.09 bits per heavy atom. The van der Waals surface area contributed by atoms with Crippen molar-refractivity contribution >= 4 is 16.9 Å². The summed E-state index contributed by atoms with van der Waals surface area (Å²) in [4.78, 5) is 6.69. The molecule has 0 bridgehead atoms. The number of amidine groups is 1. The molecule has 2 aliphatic rings. The Morgan fingerprint density at radius 2 is 1.77 bits per heavy atom. The van der Waals surface area contributed by atoms with Crippen molar-refractivity contribution in [2.45, 2.75) is 13.0 Å². The van der Waals surface area contributed by atoms with Crippen molar-refractivity contribution in [1.29, 1.82) is 0 Å². The average Bonchev–Trinajstić information content (AvgIpc) is 3.00. The maximum absolute atomic E-state index is 5.45. The summed E-state index contributed by atoms with van der Waals surface area (Å²) in [6.07, 6.45) is 4.17. The van der Waals surface area contributed by atoms with E-state index < -0.39 is 0 Å². The van der Waals surface area contributed by atoms with Gasteiger partial charge in [-0.1, -0.05) is 11.8 Å². The number of aliphatic imine (C=N–C) groups is 1. The molecule has 0 aromatic heterocycles. The second-order valence-electron chi connectivity index (χ2n) is 4.92. The van der Waals surface area contributed by atoms with Crippen LogP contribution >= 0.6 is 11.8 Å². The smallest absolute Gasteiger partial charge is 0.203 e. The highest BCUT2D eigenvalue weighted by molar-refractivity contribution is 8.16. The van der Waals surface area contributed by atoms with Crippen LogP contribution in [-0.2, 0) is 0 Å². The van der Waals surface area contributed by atoms with Crippen molar-refractivity contribution in [1.82, 2.24) is 4.90 Å². The Kier molecular flexibility index (Phi) is 4.02. The molecule has 116 valence electrons. The van der Waals surface area contributed by atoms with Crippen molar-refractivity contribution in [3.8, 4) is 17.2 Å². The fourth-order valence-corrected chi connectivity index (χ4v) is 3.41. The Bertz CT molecular complexity index is 657. The van der Waals surface area contributed by atoms with Crippen LogP contribution in [0.5, 0.6) is 17.2 Å². The topological polar surface area (TPSA) is 43.3 Å². The zero-order chi connectivity index (χ0) is 15.7. The normalized spacial score (nSPS) is 19.5. The zero-order valence-electron chi connectivity index (χ0n) is 13.0. The summed E-state index contributed by atoms with van der Waals surface area (Å²) >= 11 is 1.62. The van der Waals surface area contributed by atoms with E-state index in [9.17, 15) is 0 Å². The minimum atomic E-state index is 0.0625. The maximum atomic E-state index is 5.45. The van der Waals surface area contributed by atoms with Crippen molar-refractivity contribution in [3.05, 3.63) is 41.1 Å². The van der Waals surface area contributed by atoms with Crippen LogP contribution in [0.4, 0.5) is 0 Å². The van der Waals surface area contributed by atoms with Gasteiger partial charge in [-0.05, 0) is 36.1 Å². The summed E-state index contributed by atoms with van der Waals surface area (Å²) in [6, 6.07) is 4.03. The van der Waals surface area contributed by atoms with Gasteiger partial charge in [0, 0.05) is 11.9 Å². The molecule has 0 N–H and O–H groups in total. The second-order valence-corrected chi connectivity index (χ2v) is 5.79. The molecule has 0 saturated carbocycles. The first kappa shape index (κ1) is 14.8. The van der Waals surface area contributed by atoms with Crippen LogP contribution in [0.2, 0.25) is 0 Å². The Balaban J connectivity index is 2.08. The van der Waals surface area contributed by atoms with Gasteiger partial charge in [0.1, 0.15) is 0 Å². The monoisotopic (exact) mass is 318 g/mol. The summed E-state index contributed by atoms with van der Waals surface area (Å²) in [6.45, 7) is 2.01. The van der Waals surface area contributed by atoms with Gasteiger partial charge in [-0.2, -0.15) is 0 Å². The largest absolute Gasteiger partial charge is 0.493 e. The third-order valence-electron chi connectivity index (χ3n) is 3.62. The number of rotatable bonds is 4. The molecule has 0 fully saturated rings. The third kappa shape index (κ3) is 2.43. The highest BCUT2D eigenvalue weighted by atomic mass is 32.2. The van der Waals surface area contributed by atoms with Crippen LogP contribution in [0.15, 0.2) is 40.5 Å². The van der Waals surface area contributed by atoms with Crippen LogP contribution in [0.1, 0.15) is 18.5 Å². The van der Waals surface area contributed by atoms with E-state index in [-0.39, 0.29) is 6.04 Å². The molecule has 3 rings (SSSR count). The number of ether oxygens (including phenoxy) is 3. The lowest BCUT2D eigenvalue weighted by Crippen LogP contribution is -2.27. The number of allylic oxidation sites excluding steroid dienone is 1. The van der Waals surface area contributed by atoms with Gasteiger partial charge >= 0.3 is 0 Å². The molecule has 6 heteroatoms. The number of methoxy groups -OCH3 is 3. The lowest BCUT2D eigenvalue weighted by Gasteiger charge is -2.30. The molecule has 1 unspecified atom stereocenters. The SMILES string of the molecule is COc1cc(C2C=C(C)N=C3SC=CN32)cc(OC)c1OC. The summed E-state index contributed by atoms with van der Waals surface area (Å²) in [7, 11) is 4.86. The number of thioether (sulfide) groups is 1. The Morgan fingerprint density at radius 3 is 2.36 bits per heavy atom. The number of fused-ring (bicyclic) bond motifs is 1. The van der Waals surface area contributed by atoms with Crippen LogP contribution in [0, 0.1) is 0 Å². The van der Waals surface area contributed by atoms with Crippen LogP contribution in [-0.4, -0.2) is 31.4 Å². The van der Waals surface area contributed by atoms with Crippen molar-refractivity contribution in [2.24, 2.45) is 4.99 Å². The predicted molar refractivity (Wildman–Crippen MR) is 88.6 cm³/mol. The third-order valence-corrected chi connectivity index (χ3v) is 4.39. The van der Waals surface area contributed by atoms with Crippen molar-refractivity contribution < 1.29 is 14.2 Å². The van der Waals surface area contributed by atoms with E-state index in [0.29, 0.717) is 17.2 Å². The number of hydrogen-bond acceptors (Lipinski definition) is 6. The van der Waals surface area contributed by atoms with Crippen molar-refractivity contribution in [2.75, 3.05) is 21.3 Å². The van der Waals surface area contributed by atoms with E-state index in [1.807, 2.05) is 30.7 Å². The zero-order valence-corrected chi connectivity index (χ0v) is 13.8. The van der Waals surface area contributed by atoms with Crippen LogP contribution in [0.3, 0.4) is 0 Å². The highest BCUT2D eigenvalue weighted by Crippen LogP contribution is 2.43. The predicted octanol–water partition coefficient (Wildman–Crippen LogP) is 3.55. The van der Waals surface area contributed by atoms with E-state index >= 15 is 0 Å². The summed E-state index contributed by atoms with van der Waals surface area (Å²) in [5, 5.41) is 3.02. The first-order valence-electron chi connectivity index (χ1n) is 6.86. The standard InChI is InChI=1S/C16H18N2O3S/c1-10-7-12(18-5-6-22-16(18)17-10)11-8-13(19-2)15(21-4)14(9-11)20-3/h5-9,12H,1-4H3. The molecule has 1 aromatic rings.